The molecule has 2 aromatic rings. The molecule has 0 atom stereocenters. The van der Waals surface area contributed by atoms with Gasteiger partial charge in [-0.2, -0.15) is 5.10 Å². The van der Waals surface area contributed by atoms with E-state index in [1.165, 1.54) is 77.0 Å². The Morgan fingerprint density at radius 3 is 2.04 bits per heavy atom. The molecule has 2 rings (SSSR count). The summed E-state index contributed by atoms with van der Waals surface area (Å²) in [4.78, 5) is 8.65. The number of nitrogens with two attached hydrogens (primary N) is 1. The van der Waals surface area contributed by atoms with Crippen LogP contribution in [0.5, 0.6) is 0 Å². The van der Waals surface area contributed by atoms with Crippen molar-refractivity contribution >= 4 is 16.9 Å². The molecule has 0 saturated carbocycles. The van der Waals surface area contributed by atoms with Gasteiger partial charge in [-0.15, -0.1) is 0 Å². The van der Waals surface area contributed by atoms with Gasteiger partial charge < -0.3 is 5.73 Å². The number of fused-ring (bicyclic) bond motifs is 1. The Morgan fingerprint density at radius 1 is 0.885 bits per heavy atom. The van der Waals surface area contributed by atoms with Crippen LogP contribution in [0.2, 0.25) is 0 Å². The van der Waals surface area contributed by atoms with Crippen LogP contribution in [0.25, 0.3) is 11.0 Å². The normalized spacial score (nSPS) is 11.7. The number of nitrogens with zero attached hydrogens (tertiary/aromatic N) is 4. The minimum absolute atomic E-state index is 0.420. The Hall–Kier alpha value is -1.65. The highest BCUT2D eigenvalue weighted by atomic mass is 15.3. The summed E-state index contributed by atoms with van der Waals surface area (Å²) in [7, 11) is 0. The second kappa shape index (κ2) is 11.1. The molecule has 0 radical (unpaired) electrons. The van der Waals surface area contributed by atoms with E-state index in [1.54, 1.807) is 6.33 Å². The zero-order chi connectivity index (χ0) is 18.8. The summed E-state index contributed by atoms with van der Waals surface area (Å²) < 4.78 is 2.14. The molecule has 5 heteroatoms. The smallest absolute Gasteiger partial charge is 0.163 e. The third kappa shape index (κ3) is 5.68. The molecule has 0 fully saturated rings. The van der Waals surface area contributed by atoms with Gasteiger partial charge in [0.05, 0.1) is 17.1 Å². The highest BCUT2D eigenvalue weighted by Gasteiger charge is 2.19. The number of rotatable bonds is 13. The molecule has 0 aromatic carbocycles. The van der Waals surface area contributed by atoms with Crippen molar-refractivity contribution in [3.8, 4) is 0 Å². The zero-order valence-corrected chi connectivity index (χ0v) is 17.0. The first-order valence-corrected chi connectivity index (χ1v) is 10.6. The van der Waals surface area contributed by atoms with Gasteiger partial charge in [-0.3, -0.25) is 0 Å². The lowest BCUT2D eigenvalue weighted by molar-refractivity contribution is 0.373. The Labute approximate surface area is 158 Å². The maximum atomic E-state index is 6.08. The fourth-order valence-electron chi connectivity index (χ4n) is 3.78. The van der Waals surface area contributed by atoms with Gasteiger partial charge in [-0.05, 0) is 19.8 Å². The zero-order valence-electron chi connectivity index (χ0n) is 17.0. The molecular formula is C21H37N5. The molecular weight excluding hydrogens is 322 g/mol. The van der Waals surface area contributed by atoms with Crippen LogP contribution in [0.15, 0.2) is 6.33 Å². The molecule has 0 aliphatic carbocycles. The molecule has 2 aromatic heterocycles. The van der Waals surface area contributed by atoms with Crippen LogP contribution < -0.4 is 5.73 Å². The number of hydrogen-bond acceptors (Lipinski definition) is 4. The third-order valence-electron chi connectivity index (χ3n) is 5.32. The Balaban J connectivity index is 2.08. The Morgan fingerprint density at radius 2 is 1.46 bits per heavy atom. The average Bonchev–Trinajstić information content (AvgIpc) is 2.97. The van der Waals surface area contributed by atoms with E-state index in [2.05, 4.69) is 28.5 Å². The predicted octanol–water partition coefficient (Wildman–Crippen LogP) is 5.98. The van der Waals surface area contributed by atoms with Crippen LogP contribution in [-0.2, 0) is 0 Å². The Bertz CT molecular complexity index is 635. The topological polar surface area (TPSA) is 69.6 Å². The van der Waals surface area contributed by atoms with Gasteiger partial charge in [0.2, 0.25) is 0 Å². The first kappa shape index (κ1) is 20.7. The summed E-state index contributed by atoms with van der Waals surface area (Å²) in [5, 5.41) is 5.74. The van der Waals surface area contributed by atoms with Crippen LogP contribution in [0, 0.1) is 6.92 Å². The third-order valence-corrected chi connectivity index (χ3v) is 5.32. The van der Waals surface area contributed by atoms with Crippen molar-refractivity contribution in [2.45, 2.75) is 104 Å². The summed E-state index contributed by atoms with van der Waals surface area (Å²) >= 11 is 0. The van der Waals surface area contributed by atoms with Crippen LogP contribution in [-0.4, -0.2) is 19.7 Å². The largest absolute Gasteiger partial charge is 0.383 e. The highest BCUT2D eigenvalue weighted by Crippen LogP contribution is 2.29. The Kier molecular flexibility index (Phi) is 8.86. The number of nitrogen functional groups attached to an aromatic ring is 1. The highest BCUT2D eigenvalue weighted by molar-refractivity contribution is 5.87. The molecule has 26 heavy (non-hydrogen) atoms. The average molecular weight is 360 g/mol. The van der Waals surface area contributed by atoms with E-state index in [1.807, 2.05) is 6.92 Å². The molecule has 2 heterocycles. The van der Waals surface area contributed by atoms with E-state index in [0.717, 1.165) is 16.7 Å². The fraction of sp³-hybridized carbons (Fsp3) is 0.762. The monoisotopic (exact) mass is 359 g/mol. The van der Waals surface area contributed by atoms with E-state index in [4.69, 9.17) is 10.8 Å². The van der Waals surface area contributed by atoms with Crippen molar-refractivity contribution < 1.29 is 0 Å². The molecule has 0 aliphatic heterocycles. The van der Waals surface area contributed by atoms with Gasteiger partial charge in [0.1, 0.15) is 12.1 Å². The van der Waals surface area contributed by atoms with E-state index >= 15 is 0 Å². The molecule has 0 spiro atoms. The van der Waals surface area contributed by atoms with Gasteiger partial charge in [0.25, 0.3) is 0 Å². The molecule has 2 N–H and O–H groups in total. The number of hydrogen-bond donors (Lipinski definition) is 1. The standard InChI is InChI=1S/C21H37N5/c1-4-6-8-10-12-14-18(15-13-11-9-7-5-2)26-21-19(17(3)25-26)20(22)23-16-24-21/h16,18H,4-15H2,1-3H3,(H2,22,23,24). The summed E-state index contributed by atoms with van der Waals surface area (Å²) in [6.45, 7) is 6.54. The summed E-state index contributed by atoms with van der Waals surface area (Å²) in [6, 6.07) is 0.420. The van der Waals surface area contributed by atoms with Gasteiger partial charge in [-0.25, -0.2) is 14.6 Å². The van der Waals surface area contributed by atoms with Crippen LogP contribution in [0.4, 0.5) is 5.82 Å². The van der Waals surface area contributed by atoms with Crippen molar-refractivity contribution in [1.82, 2.24) is 19.7 Å². The van der Waals surface area contributed by atoms with E-state index in [9.17, 15) is 0 Å². The quantitative estimate of drug-likeness (QED) is 0.447. The molecule has 146 valence electrons. The molecule has 0 aliphatic rings. The minimum atomic E-state index is 0.420. The van der Waals surface area contributed by atoms with Crippen molar-refractivity contribution in [2.24, 2.45) is 0 Å². The van der Waals surface area contributed by atoms with E-state index in [-0.39, 0.29) is 0 Å². The summed E-state index contributed by atoms with van der Waals surface area (Å²) in [6.07, 6.45) is 17.0. The van der Waals surface area contributed by atoms with E-state index < -0.39 is 0 Å². The molecule has 0 amide bonds. The lowest BCUT2D eigenvalue weighted by atomic mass is 10.0. The van der Waals surface area contributed by atoms with E-state index in [0.29, 0.717) is 11.9 Å². The lowest BCUT2D eigenvalue weighted by Crippen LogP contribution is -2.12. The fourth-order valence-corrected chi connectivity index (χ4v) is 3.78. The van der Waals surface area contributed by atoms with Crippen molar-refractivity contribution in [3.05, 3.63) is 12.0 Å². The van der Waals surface area contributed by atoms with Crippen molar-refractivity contribution in [1.29, 1.82) is 0 Å². The molecule has 0 saturated heterocycles. The first-order valence-electron chi connectivity index (χ1n) is 10.6. The summed E-state index contributed by atoms with van der Waals surface area (Å²) in [5.41, 5.74) is 7.93. The van der Waals surface area contributed by atoms with Crippen LogP contribution in [0.3, 0.4) is 0 Å². The minimum Gasteiger partial charge on any atom is -0.383 e. The van der Waals surface area contributed by atoms with Crippen molar-refractivity contribution in [3.63, 3.8) is 0 Å². The number of aryl methyl sites for hydroxylation is 1. The van der Waals surface area contributed by atoms with Gasteiger partial charge in [0.15, 0.2) is 5.65 Å². The lowest BCUT2D eigenvalue weighted by Gasteiger charge is -2.18. The number of aromatic nitrogens is 4. The second-order valence-corrected chi connectivity index (χ2v) is 7.55. The van der Waals surface area contributed by atoms with Gasteiger partial charge in [-0.1, -0.05) is 78.1 Å². The van der Waals surface area contributed by atoms with Gasteiger partial charge >= 0.3 is 0 Å². The number of anilines is 1. The van der Waals surface area contributed by atoms with Crippen molar-refractivity contribution in [2.75, 3.05) is 5.73 Å². The van der Waals surface area contributed by atoms with Crippen LogP contribution in [0.1, 0.15) is 103 Å². The SMILES string of the molecule is CCCCCCCC(CCCCCCC)n1nc(C)c2c(N)ncnc21. The molecule has 5 nitrogen and oxygen atoms in total. The van der Waals surface area contributed by atoms with Gasteiger partial charge in [0, 0.05) is 0 Å². The maximum Gasteiger partial charge on any atom is 0.163 e. The maximum absolute atomic E-state index is 6.08. The number of unbranched alkanes of at least 4 members (excludes halogenated alkanes) is 8. The van der Waals surface area contributed by atoms with Crippen LogP contribution >= 0.6 is 0 Å². The predicted molar refractivity (Wildman–Crippen MR) is 110 cm³/mol. The summed E-state index contributed by atoms with van der Waals surface area (Å²) in [5.74, 6) is 0.545. The molecule has 0 unspecified atom stereocenters. The second-order valence-electron chi connectivity index (χ2n) is 7.55. The first-order chi connectivity index (χ1) is 12.7. The molecule has 0 bridgehead atoms.